The minimum Gasteiger partial charge on any atom is -0.492 e. The average Bonchev–Trinajstić information content (AvgIpc) is 3.58. The Balaban J connectivity index is 1.22. The van der Waals surface area contributed by atoms with E-state index in [1.165, 1.54) is 24.0 Å². The zero-order valence-corrected chi connectivity index (χ0v) is 19.1. The molecular weight excluding hydrogens is 426 g/mol. The minimum absolute atomic E-state index is 0.0685. The summed E-state index contributed by atoms with van der Waals surface area (Å²) >= 11 is 6.48. The summed E-state index contributed by atoms with van der Waals surface area (Å²) in [6.45, 7) is 4.01. The van der Waals surface area contributed by atoms with Crippen LogP contribution in [0.3, 0.4) is 0 Å². The molecule has 0 bridgehead atoms. The van der Waals surface area contributed by atoms with Gasteiger partial charge < -0.3 is 19.5 Å². The van der Waals surface area contributed by atoms with E-state index in [2.05, 4.69) is 23.1 Å². The zero-order chi connectivity index (χ0) is 22.1. The lowest BCUT2D eigenvalue weighted by Crippen LogP contribution is -2.43. The molecule has 0 amide bonds. The Morgan fingerprint density at radius 1 is 1.22 bits per heavy atom. The van der Waals surface area contributed by atoms with Crippen molar-refractivity contribution in [3.63, 3.8) is 0 Å². The van der Waals surface area contributed by atoms with Gasteiger partial charge in [-0.25, -0.2) is 0 Å². The Morgan fingerprint density at radius 3 is 2.78 bits per heavy atom. The first-order valence-corrected chi connectivity index (χ1v) is 12.0. The van der Waals surface area contributed by atoms with Crippen LogP contribution in [-0.4, -0.2) is 42.2 Å². The van der Waals surface area contributed by atoms with Crippen molar-refractivity contribution in [3.8, 4) is 11.5 Å². The number of likely N-dealkylation sites (tertiary alicyclic amines) is 1. The topological polar surface area (TPSA) is 59.0 Å². The number of benzene rings is 2. The number of hydrogen-bond acceptors (Lipinski definition) is 4. The van der Waals surface area contributed by atoms with E-state index in [0.29, 0.717) is 25.6 Å². The van der Waals surface area contributed by atoms with Crippen LogP contribution in [0.25, 0.3) is 0 Å². The van der Waals surface area contributed by atoms with Crippen molar-refractivity contribution in [1.82, 2.24) is 4.90 Å². The van der Waals surface area contributed by atoms with Crippen LogP contribution in [0.2, 0.25) is 5.02 Å². The molecule has 32 heavy (non-hydrogen) atoms. The highest BCUT2D eigenvalue weighted by Crippen LogP contribution is 2.47. The fraction of sp³-hybridized carbons (Fsp3) is 0.500. The van der Waals surface area contributed by atoms with Gasteiger partial charge in [0.05, 0.1) is 6.61 Å². The molecule has 0 aromatic heterocycles. The second-order valence-electron chi connectivity index (χ2n) is 9.44. The summed E-state index contributed by atoms with van der Waals surface area (Å²) in [5, 5.41) is 9.63. The largest absolute Gasteiger partial charge is 0.492 e. The second kappa shape index (κ2) is 8.95. The van der Waals surface area contributed by atoms with Crippen LogP contribution in [-0.2, 0) is 16.8 Å². The highest BCUT2D eigenvalue weighted by Gasteiger charge is 2.43. The third-order valence-electron chi connectivity index (χ3n) is 7.26. The van der Waals surface area contributed by atoms with Crippen LogP contribution < -0.4 is 9.47 Å². The number of fused-ring (bicyclic) bond motifs is 2. The first-order chi connectivity index (χ1) is 15.5. The molecule has 1 spiro atoms. The summed E-state index contributed by atoms with van der Waals surface area (Å²) in [6, 6.07) is 12.4. The number of piperidine rings is 1. The van der Waals surface area contributed by atoms with E-state index in [4.69, 9.17) is 26.2 Å². The first kappa shape index (κ1) is 21.6. The smallest absolute Gasteiger partial charge is 0.303 e. The predicted molar refractivity (Wildman–Crippen MR) is 124 cm³/mol. The summed E-state index contributed by atoms with van der Waals surface area (Å²) in [5.74, 6) is 1.66. The maximum atomic E-state index is 10.8. The van der Waals surface area contributed by atoms with Gasteiger partial charge in [-0.15, -0.1) is 0 Å². The molecule has 2 aromatic carbocycles. The molecule has 2 fully saturated rings. The average molecular weight is 456 g/mol. The molecule has 5 rings (SSSR count). The Bertz CT molecular complexity index is 995. The lowest BCUT2D eigenvalue weighted by atomic mass is 9.74. The zero-order valence-electron chi connectivity index (χ0n) is 18.3. The van der Waals surface area contributed by atoms with Crippen molar-refractivity contribution < 1.29 is 19.4 Å². The van der Waals surface area contributed by atoms with Gasteiger partial charge in [-0.1, -0.05) is 29.8 Å². The van der Waals surface area contributed by atoms with E-state index in [1.54, 1.807) is 0 Å². The number of ether oxygens (including phenoxy) is 2. The fourth-order valence-corrected chi connectivity index (χ4v) is 5.41. The molecule has 2 aliphatic heterocycles. The number of hydrogen-bond donors (Lipinski definition) is 1. The molecule has 5 nitrogen and oxygen atoms in total. The van der Waals surface area contributed by atoms with Crippen molar-refractivity contribution in [2.45, 2.75) is 56.5 Å². The molecule has 1 N–H and O–H groups in total. The Morgan fingerprint density at radius 2 is 2.03 bits per heavy atom. The molecule has 0 unspecified atom stereocenters. The number of halogens is 1. The van der Waals surface area contributed by atoms with Crippen molar-refractivity contribution in [2.24, 2.45) is 0 Å². The van der Waals surface area contributed by atoms with Gasteiger partial charge in [0, 0.05) is 34.1 Å². The van der Waals surface area contributed by atoms with Gasteiger partial charge >= 0.3 is 5.97 Å². The monoisotopic (exact) mass is 455 g/mol. The van der Waals surface area contributed by atoms with Crippen molar-refractivity contribution in [2.75, 3.05) is 26.2 Å². The van der Waals surface area contributed by atoms with E-state index in [-0.39, 0.29) is 11.8 Å². The molecule has 0 atom stereocenters. The number of carbonyl (C=O) groups is 1. The van der Waals surface area contributed by atoms with E-state index >= 15 is 0 Å². The van der Waals surface area contributed by atoms with Crippen LogP contribution >= 0.6 is 11.6 Å². The molecule has 6 heteroatoms. The van der Waals surface area contributed by atoms with Crippen LogP contribution in [0.15, 0.2) is 36.4 Å². The van der Waals surface area contributed by atoms with Crippen LogP contribution in [0.4, 0.5) is 0 Å². The molecule has 170 valence electrons. The standard InChI is InChI=1S/C26H30ClNO4/c27-23-4-1-3-20(18-6-7-18)21(23)16-31-19-8-9-22-24(15-19)32-17-26(22)10-13-28(14-11-26)12-2-5-25(29)30/h1,3-4,8-9,15,18H,2,5-7,10-14,16-17H2,(H,29,30). The van der Waals surface area contributed by atoms with Gasteiger partial charge in [-0.05, 0) is 75.4 Å². The number of nitrogens with zero attached hydrogens (tertiary/aromatic N) is 1. The van der Waals surface area contributed by atoms with Crippen LogP contribution in [0.5, 0.6) is 11.5 Å². The molecule has 1 saturated heterocycles. The summed E-state index contributed by atoms with van der Waals surface area (Å²) in [5.41, 5.74) is 3.78. The van der Waals surface area contributed by atoms with E-state index in [0.717, 1.165) is 54.6 Å². The summed E-state index contributed by atoms with van der Waals surface area (Å²) < 4.78 is 12.3. The first-order valence-electron chi connectivity index (χ1n) is 11.7. The third kappa shape index (κ3) is 4.46. The van der Waals surface area contributed by atoms with Gasteiger partial charge in [-0.2, -0.15) is 0 Å². The maximum absolute atomic E-state index is 10.8. The van der Waals surface area contributed by atoms with Gasteiger partial charge in [0.2, 0.25) is 0 Å². The van der Waals surface area contributed by atoms with E-state index < -0.39 is 5.97 Å². The summed E-state index contributed by atoms with van der Waals surface area (Å²) in [6.07, 6.45) is 5.50. The van der Waals surface area contributed by atoms with Crippen molar-refractivity contribution in [1.29, 1.82) is 0 Å². The maximum Gasteiger partial charge on any atom is 0.303 e. The molecule has 1 saturated carbocycles. The summed E-state index contributed by atoms with van der Waals surface area (Å²) in [7, 11) is 0. The fourth-order valence-electron chi connectivity index (χ4n) is 5.18. The number of carboxylic acid groups (broad SMARTS) is 1. The molecular formula is C26H30ClNO4. The Kier molecular flexibility index (Phi) is 6.04. The lowest BCUT2D eigenvalue weighted by Gasteiger charge is -2.38. The summed E-state index contributed by atoms with van der Waals surface area (Å²) in [4.78, 5) is 13.1. The van der Waals surface area contributed by atoms with Gasteiger partial charge in [0.1, 0.15) is 18.1 Å². The third-order valence-corrected chi connectivity index (χ3v) is 7.62. The number of carboxylic acids is 1. The quantitative estimate of drug-likeness (QED) is 0.578. The highest BCUT2D eigenvalue weighted by molar-refractivity contribution is 6.31. The molecule has 2 heterocycles. The van der Waals surface area contributed by atoms with Gasteiger partial charge in [0.25, 0.3) is 0 Å². The van der Waals surface area contributed by atoms with Crippen LogP contribution in [0.1, 0.15) is 61.1 Å². The lowest BCUT2D eigenvalue weighted by molar-refractivity contribution is -0.137. The SMILES string of the molecule is O=C(O)CCCN1CCC2(CC1)COc1cc(OCc3c(Cl)cccc3C3CC3)ccc12. The van der Waals surface area contributed by atoms with Gasteiger partial charge in [-0.3, -0.25) is 4.79 Å². The van der Waals surface area contributed by atoms with Crippen LogP contribution in [0, 0.1) is 0 Å². The van der Waals surface area contributed by atoms with E-state index in [1.807, 2.05) is 18.2 Å². The van der Waals surface area contributed by atoms with Crippen molar-refractivity contribution >= 4 is 17.6 Å². The minimum atomic E-state index is -0.715. The molecule has 1 aliphatic carbocycles. The predicted octanol–water partition coefficient (Wildman–Crippen LogP) is 5.39. The second-order valence-corrected chi connectivity index (χ2v) is 9.84. The normalized spacial score (nSPS) is 19.5. The molecule has 0 radical (unpaired) electrons. The Labute approximate surface area is 194 Å². The van der Waals surface area contributed by atoms with Crippen molar-refractivity contribution in [3.05, 3.63) is 58.1 Å². The van der Waals surface area contributed by atoms with Gasteiger partial charge in [0.15, 0.2) is 0 Å². The number of aliphatic carboxylic acids is 1. The molecule has 2 aromatic rings. The highest BCUT2D eigenvalue weighted by atomic mass is 35.5. The number of rotatable bonds is 8. The van der Waals surface area contributed by atoms with E-state index in [9.17, 15) is 4.79 Å². The molecule has 3 aliphatic rings. The Hall–Kier alpha value is -2.24.